The van der Waals surface area contributed by atoms with E-state index in [4.69, 9.17) is 14.1 Å². The van der Waals surface area contributed by atoms with Crippen molar-refractivity contribution in [2.45, 2.75) is 45.3 Å². The first-order chi connectivity index (χ1) is 13.9. The monoisotopic (exact) mass is 422 g/mol. The van der Waals surface area contributed by atoms with Crippen LogP contribution in [0, 0.1) is 5.92 Å². The normalized spacial score (nSPS) is 15.5. The number of hydrogen-bond acceptors (Lipinski definition) is 8. The number of carbonyl (C=O) groups is 3. The molecule has 29 heavy (non-hydrogen) atoms. The molecule has 0 radical (unpaired) electrons. The summed E-state index contributed by atoms with van der Waals surface area (Å²) in [6, 6.07) is 5.00. The quantitative estimate of drug-likeness (QED) is 0.349. The van der Waals surface area contributed by atoms with Crippen molar-refractivity contribution < 1.29 is 33.5 Å². The van der Waals surface area contributed by atoms with E-state index in [1.54, 1.807) is 12.1 Å². The third-order valence-corrected chi connectivity index (χ3v) is 5.56. The van der Waals surface area contributed by atoms with Gasteiger partial charge >= 0.3 is 19.1 Å². The summed E-state index contributed by atoms with van der Waals surface area (Å²) in [6.45, 7) is 3.30. The molecule has 9 heteroatoms. The summed E-state index contributed by atoms with van der Waals surface area (Å²) in [5.74, 6) is -1.02. The molecule has 0 unspecified atom stereocenters. The van der Waals surface area contributed by atoms with Gasteiger partial charge in [-0.2, -0.15) is 11.8 Å². The molecule has 1 aliphatic heterocycles. The van der Waals surface area contributed by atoms with E-state index in [9.17, 15) is 19.4 Å². The molecule has 0 bridgehead atoms. The highest BCUT2D eigenvalue weighted by Gasteiger charge is 2.37. The van der Waals surface area contributed by atoms with Crippen molar-refractivity contribution in [1.29, 1.82) is 0 Å². The average molecular weight is 422 g/mol. The number of esters is 2. The number of ether oxygens (including phenoxy) is 2. The summed E-state index contributed by atoms with van der Waals surface area (Å²) in [7, 11) is -1.19. The van der Waals surface area contributed by atoms with E-state index in [0.717, 1.165) is 5.56 Å². The average Bonchev–Trinajstić information content (AvgIpc) is 2.69. The van der Waals surface area contributed by atoms with Crippen LogP contribution in [0.25, 0.3) is 0 Å². The molecule has 0 spiro atoms. The van der Waals surface area contributed by atoms with Crippen LogP contribution in [-0.2, 0) is 25.5 Å². The number of carbonyl (C=O) groups excluding carboxylic acids is 3. The molecule has 1 N–H and O–H groups in total. The number of thioether (sulfide) groups is 1. The van der Waals surface area contributed by atoms with Crippen LogP contribution in [0.15, 0.2) is 18.2 Å². The molecule has 0 amide bonds. The number of para-hydroxylation sites is 1. The van der Waals surface area contributed by atoms with Gasteiger partial charge in [-0.15, -0.1) is 0 Å². The van der Waals surface area contributed by atoms with E-state index >= 15 is 0 Å². The van der Waals surface area contributed by atoms with E-state index in [0.29, 0.717) is 25.0 Å². The minimum Gasteiger partial charge on any atom is -0.535 e. The van der Waals surface area contributed by atoms with Gasteiger partial charge in [0.1, 0.15) is 17.1 Å². The molecule has 1 aliphatic rings. The summed E-state index contributed by atoms with van der Waals surface area (Å²) >= 11 is 1.44. The lowest BCUT2D eigenvalue weighted by molar-refractivity contribution is -0.157. The van der Waals surface area contributed by atoms with Crippen molar-refractivity contribution in [3.63, 3.8) is 0 Å². The van der Waals surface area contributed by atoms with Crippen LogP contribution in [0.1, 0.15) is 49.0 Å². The van der Waals surface area contributed by atoms with Crippen LogP contribution in [0.2, 0.25) is 5.82 Å². The second-order valence-electron chi connectivity index (χ2n) is 6.97. The molecular formula is C20H27BO7S. The third kappa shape index (κ3) is 6.24. The van der Waals surface area contributed by atoms with E-state index in [2.05, 4.69) is 0 Å². The molecule has 7 nitrogen and oxygen atoms in total. The van der Waals surface area contributed by atoms with Gasteiger partial charge in [0.15, 0.2) is 0 Å². The van der Waals surface area contributed by atoms with Gasteiger partial charge in [0.25, 0.3) is 0 Å². The topological polar surface area (TPSA) is 99.1 Å². The highest BCUT2D eigenvalue weighted by atomic mass is 32.2. The van der Waals surface area contributed by atoms with Crippen molar-refractivity contribution in [3.8, 4) is 5.75 Å². The standard InChI is InChI=1S/C20H27BO7S/c1-4-13(5-2)19(23)26-12-27-20(24)17-8-6-7-14-9-15(10-16(22)11-29-3)21(25)28-18(14)17/h6-8,13,15,25H,4-5,9-12H2,1-3H3/t15-/m1/s1. The van der Waals surface area contributed by atoms with Crippen LogP contribution in [-0.4, -0.2) is 48.7 Å². The van der Waals surface area contributed by atoms with Crippen LogP contribution in [0.5, 0.6) is 5.75 Å². The summed E-state index contributed by atoms with van der Waals surface area (Å²) in [4.78, 5) is 36.2. The van der Waals surface area contributed by atoms with Gasteiger partial charge in [-0.1, -0.05) is 26.0 Å². The molecule has 158 valence electrons. The smallest absolute Gasteiger partial charge is 0.526 e. The zero-order valence-electron chi connectivity index (χ0n) is 17.0. The van der Waals surface area contributed by atoms with E-state index < -0.39 is 25.8 Å². The third-order valence-electron chi connectivity index (χ3n) is 4.95. The first kappa shape index (κ1) is 23.3. The van der Waals surface area contributed by atoms with Gasteiger partial charge in [0.2, 0.25) is 6.79 Å². The van der Waals surface area contributed by atoms with Crippen LogP contribution >= 0.6 is 11.8 Å². The SMILES string of the molecule is CCC(CC)C(=O)OCOC(=O)c1cccc2c1OB(O)[C@@H](CC(=O)CSC)C2. The Kier molecular flexibility index (Phi) is 9.04. The van der Waals surface area contributed by atoms with Crippen LogP contribution < -0.4 is 4.65 Å². The predicted octanol–water partition coefficient (Wildman–Crippen LogP) is 2.89. The Morgan fingerprint density at radius 1 is 1.28 bits per heavy atom. The Morgan fingerprint density at radius 2 is 2.00 bits per heavy atom. The van der Waals surface area contributed by atoms with Crippen molar-refractivity contribution in [3.05, 3.63) is 29.3 Å². The molecule has 0 saturated carbocycles. The Balaban J connectivity index is 2.01. The number of hydrogen-bond donors (Lipinski definition) is 1. The second-order valence-corrected chi connectivity index (χ2v) is 7.83. The predicted molar refractivity (Wildman–Crippen MR) is 111 cm³/mol. The fraction of sp³-hybridized carbons (Fsp3) is 0.550. The van der Waals surface area contributed by atoms with Crippen molar-refractivity contribution in [2.75, 3.05) is 18.8 Å². The Bertz CT molecular complexity index is 736. The lowest BCUT2D eigenvalue weighted by atomic mass is 9.64. The first-order valence-electron chi connectivity index (χ1n) is 9.72. The van der Waals surface area contributed by atoms with Gasteiger partial charge in [-0.25, -0.2) is 4.79 Å². The number of Topliss-reactive ketones (excluding diaryl/α,β-unsaturated/α-hetero) is 1. The number of rotatable bonds is 10. The van der Waals surface area contributed by atoms with Gasteiger partial charge in [-0.05, 0) is 37.1 Å². The maximum atomic E-state index is 12.4. The zero-order valence-corrected chi connectivity index (χ0v) is 17.8. The van der Waals surface area contributed by atoms with Crippen molar-refractivity contribution in [2.24, 2.45) is 5.92 Å². The molecule has 1 atom stereocenters. The summed E-state index contributed by atoms with van der Waals surface area (Å²) < 4.78 is 15.6. The summed E-state index contributed by atoms with van der Waals surface area (Å²) in [6.07, 6.45) is 3.79. The first-order valence-corrected chi connectivity index (χ1v) is 11.1. The van der Waals surface area contributed by atoms with Crippen molar-refractivity contribution >= 4 is 36.6 Å². The lowest BCUT2D eigenvalue weighted by Crippen LogP contribution is -2.36. The highest BCUT2D eigenvalue weighted by Crippen LogP contribution is 2.36. The van der Waals surface area contributed by atoms with Gasteiger partial charge < -0.3 is 19.2 Å². The van der Waals surface area contributed by atoms with Gasteiger partial charge in [0.05, 0.1) is 11.7 Å². The summed E-state index contributed by atoms with van der Waals surface area (Å²) in [5, 5.41) is 10.3. The molecule has 0 aromatic heterocycles. The molecule has 0 fully saturated rings. The summed E-state index contributed by atoms with van der Waals surface area (Å²) in [5.41, 5.74) is 0.870. The Labute approximate surface area is 175 Å². The van der Waals surface area contributed by atoms with E-state index in [-0.39, 0.29) is 35.3 Å². The molecule has 1 aromatic carbocycles. The molecule has 1 aromatic rings. The minimum atomic E-state index is -1.19. The van der Waals surface area contributed by atoms with Gasteiger partial charge in [-0.3, -0.25) is 9.59 Å². The van der Waals surface area contributed by atoms with Crippen molar-refractivity contribution in [1.82, 2.24) is 0 Å². The molecule has 1 heterocycles. The van der Waals surface area contributed by atoms with Crippen LogP contribution in [0.4, 0.5) is 0 Å². The minimum absolute atomic E-state index is 0.0449. The lowest BCUT2D eigenvalue weighted by Gasteiger charge is -2.28. The van der Waals surface area contributed by atoms with Crippen LogP contribution in [0.3, 0.4) is 0 Å². The second kappa shape index (κ2) is 11.3. The Hall–Kier alpha value is -2.00. The fourth-order valence-corrected chi connectivity index (χ4v) is 3.73. The molecule has 2 rings (SSSR count). The largest absolute Gasteiger partial charge is 0.535 e. The maximum absolute atomic E-state index is 12.4. The number of fused-ring (bicyclic) bond motifs is 1. The molecule has 0 aliphatic carbocycles. The number of ketones is 1. The maximum Gasteiger partial charge on any atom is 0.526 e. The molecule has 0 saturated heterocycles. The molecular weight excluding hydrogens is 395 g/mol. The highest BCUT2D eigenvalue weighted by molar-refractivity contribution is 7.99. The zero-order chi connectivity index (χ0) is 21.4. The van der Waals surface area contributed by atoms with Gasteiger partial charge in [0, 0.05) is 12.2 Å². The number of benzene rings is 1. The van der Waals surface area contributed by atoms with E-state index in [1.165, 1.54) is 17.8 Å². The van der Waals surface area contributed by atoms with E-state index in [1.807, 2.05) is 20.1 Å². The Morgan fingerprint density at radius 3 is 2.66 bits per heavy atom. The fourth-order valence-electron chi connectivity index (χ4n) is 3.29.